The van der Waals surface area contributed by atoms with Gasteiger partial charge in [-0.3, -0.25) is 4.21 Å². The number of halogens is 15. The van der Waals surface area contributed by atoms with Crippen molar-refractivity contribution in [2.45, 2.75) is 261 Å². The maximum Gasteiger partial charge on any atom is 0.518 e. The van der Waals surface area contributed by atoms with Crippen molar-refractivity contribution in [2.24, 2.45) is 63.4 Å². The van der Waals surface area contributed by atoms with Gasteiger partial charge in [0.05, 0.1) is 29.8 Å². The molecule has 37 nitrogen and oxygen atoms in total. The van der Waals surface area contributed by atoms with Gasteiger partial charge in [-0.1, -0.05) is 82.6 Å². The van der Waals surface area contributed by atoms with Crippen LogP contribution < -0.4 is 25.5 Å². The molecule has 0 heterocycles. The second-order valence-electron chi connectivity index (χ2n) is 31.8. The molecule has 0 spiro atoms. The van der Waals surface area contributed by atoms with Gasteiger partial charge in [0.25, 0.3) is 0 Å². The second-order valence-corrected chi connectivity index (χ2v) is 42.9. The van der Waals surface area contributed by atoms with E-state index in [1.54, 1.807) is 13.8 Å². The third-order valence-electron chi connectivity index (χ3n) is 19.6. The number of fused-ring (bicyclic) bond motifs is 4. The largest absolute Gasteiger partial charge is 0.861 e. The summed E-state index contributed by atoms with van der Waals surface area (Å²) in [6.45, 7) is 30.4. The summed E-state index contributed by atoms with van der Waals surface area (Å²) >= 11 is 0. The molecule has 0 amide bonds. The molecule has 5 fully saturated rings. The molecule has 0 saturated heterocycles. The second kappa shape index (κ2) is 57.9. The highest BCUT2D eigenvalue weighted by molar-refractivity contribution is 8.09. The lowest BCUT2D eigenvalue weighted by Crippen LogP contribution is -2.34. The molecule has 5 aliphatic carbocycles. The molecule has 0 aliphatic heterocycles. The Balaban J connectivity index is 0.00000162. The fraction of sp³-hybridized carbons (Fsp3) is 0.705. The minimum atomic E-state index is -5.82. The summed E-state index contributed by atoms with van der Waals surface area (Å²) in [6, 6.07) is 0. The zero-order valence-electron chi connectivity index (χ0n) is 75.2. The average molecular weight is 2140 g/mol. The topological polar surface area (TPSA) is 580 Å². The first-order chi connectivity index (χ1) is 62.4. The fourth-order valence-electron chi connectivity index (χ4n) is 13.0. The maximum absolute atomic E-state index is 12.2. The van der Waals surface area contributed by atoms with Crippen molar-refractivity contribution in [2.75, 3.05) is 45.0 Å². The van der Waals surface area contributed by atoms with Gasteiger partial charge in [-0.25, -0.2) is 37.2 Å². The maximum atomic E-state index is 12.2. The molecule has 790 valence electrons. The molecule has 4 bridgehead atoms. The molecule has 9 atom stereocenters. The summed E-state index contributed by atoms with van der Waals surface area (Å²) in [4.78, 5) is 67.6. The van der Waals surface area contributed by atoms with Crippen molar-refractivity contribution < 1.29 is 208 Å². The van der Waals surface area contributed by atoms with Crippen LogP contribution in [0.4, 0.5) is 65.9 Å². The number of esters is 6. The van der Waals surface area contributed by atoms with Crippen molar-refractivity contribution in [1.29, 1.82) is 0 Å². The number of carbonyl (C=O) groups is 6. The third kappa shape index (κ3) is 51.4. The summed E-state index contributed by atoms with van der Waals surface area (Å²) < 4.78 is 371. The van der Waals surface area contributed by atoms with Crippen LogP contribution in [0.15, 0.2) is 94.9 Å². The number of sulfonamides is 6. The van der Waals surface area contributed by atoms with E-state index in [0.717, 1.165) is 38.4 Å². The zero-order valence-corrected chi connectivity index (χ0v) is 80.9. The van der Waals surface area contributed by atoms with Crippen LogP contribution in [0.5, 0.6) is 0 Å². The highest BCUT2D eigenvalue weighted by Gasteiger charge is 2.52. The first-order valence-electron chi connectivity index (χ1n) is 41.2. The Labute approximate surface area is 786 Å². The molecule has 0 aromatic carbocycles. The van der Waals surface area contributed by atoms with E-state index < -0.39 is 177 Å². The summed E-state index contributed by atoms with van der Waals surface area (Å²) in [6.07, 6.45) is 10.9. The standard InChI is InChI=1S/C15H20F3NO5S.C14H18F3NO5S.C14H20F3NO5S.C12H18F3NO5S.C12H22NO5S2.C11H16F3NO6S/c1-8(2)14(21)24-12-7-10-6-11(12)5-9(10)3-4-13(20)19-25(22,23)15(16,17)18;1-7(2)13(20)23-11-5-8-3-9(10(11)4-8)6-12(19)18-24(21,22)14(15,16)17;1-9(2)13(20)23-11-6-3-10(4-7-11)5-8-12(19)18-24(21,22)14(15,16)17;1-9(2)11(18)21-8-6-4-3-5-7-10(17)16-22(19,20)12(13,14)15;1-11(2)12(14)18-9-7-5-4-6-8-10-19(15)13-20(3,16)17;1-8(2)10(17)21-7-6-20-5-3-4-9(16)15-22(18,19)11(12,13)14/h9-12H,1,3-7H2,2H3,(H,19,20);8-11H,1,3-6H2,2H3,(H,18,19);10-11H,1,3-8H2,2H3,(H,18,19);1,3-8H2,2H3,(H,16,17);1,4-10H2,2-3H3;1,3-7H2,2H3,(H,15,16)/q;;;;-1;/p-5. The quantitative estimate of drug-likeness (QED) is 0.0104. The van der Waals surface area contributed by atoms with E-state index in [1.807, 2.05) is 0 Å². The lowest BCUT2D eigenvalue weighted by Gasteiger charge is -2.30. The number of unbranched alkanes of at least 4 members (excludes halogenated alkanes) is 7. The highest BCUT2D eigenvalue weighted by Crippen LogP contribution is 2.53. The Kier molecular flexibility index (Phi) is 54.2. The highest BCUT2D eigenvalue weighted by atomic mass is 32.3. The third-order valence-corrected chi connectivity index (χ3v) is 27.1. The molecule has 0 aromatic rings. The van der Waals surface area contributed by atoms with Crippen molar-refractivity contribution in [3.05, 3.63) is 77.0 Å². The predicted octanol–water partition coefficient (Wildman–Crippen LogP) is 9.71. The van der Waals surface area contributed by atoms with Gasteiger partial charge in [0.2, 0.25) is 0 Å². The fourth-order valence-corrected chi connectivity index (χ4v) is 17.3. The minimum Gasteiger partial charge on any atom is -0.861 e. The van der Waals surface area contributed by atoms with Gasteiger partial charge in [-0.2, -0.15) is 130 Å². The number of hydrogen-bond donors (Lipinski definition) is 0. The van der Waals surface area contributed by atoms with Gasteiger partial charge in [0, 0.05) is 52.1 Å². The number of nitrogens with zero attached hydrogens (tertiary/aromatic N) is 6. The Morgan fingerprint density at radius 1 is 0.365 bits per heavy atom. The van der Waals surface area contributed by atoms with Gasteiger partial charge >= 0.3 is 113 Å². The van der Waals surface area contributed by atoms with E-state index in [0.29, 0.717) is 107 Å². The Hall–Kier alpha value is -8.67. The number of ether oxygens (including phenoxy) is 7. The van der Waals surface area contributed by atoms with Crippen LogP contribution in [0.3, 0.4) is 0 Å². The zero-order chi connectivity index (χ0) is 106. The summed E-state index contributed by atoms with van der Waals surface area (Å²) in [5, 5.41) is 56.4. The van der Waals surface area contributed by atoms with Gasteiger partial charge in [-0.05, 0) is 254 Å². The molecule has 5 rings (SSSR count). The molecule has 0 radical (unpaired) electrons. The number of carbonyl (C=O) groups excluding carboxylic acids is 6. The molecule has 137 heavy (non-hydrogen) atoms. The Morgan fingerprint density at radius 2 is 0.715 bits per heavy atom. The van der Waals surface area contributed by atoms with Gasteiger partial charge in [0.15, 0.2) is 0 Å². The van der Waals surface area contributed by atoms with E-state index in [9.17, 15) is 175 Å². The smallest absolute Gasteiger partial charge is 0.518 e. The SMILES string of the molecule is C=C(C)C(=O)OC1CC2CC(CC([O-])=NS(=O)(=O)C(F)(F)F)C1C2.C=C(C)C(=O)OC1CC2CC1CC2CCC([O-])=NS(=O)(=O)C(F)(F)F.C=C(C)C(=O)OC1CCC(CCC([O-])=NS(=O)(=O)C(F)(F)F)CC1.C=C(C)C(=O)OCCCCCCC([O-])=NS(=O)(=O)C(F)(F)F.C=C(C)C(=O)OCCCCCCCS(=O)[N-]S(C)(=O)=O.C=C(C)C(=O)OCCOCCCC([O-])=NS(=O)(=O)C(F)(F)F. The lowest BCUT2D eigenvalue weighted by atomic mass is 9.84. The first-order valence-corrected chi connectivity index (χ1v) is 51.5. The van der Waals surface area contributed by atoms with Crippen LogP contribution in [-0.2, 0) is 133 Å². The van der Waals surface area contributed by atoms with Gasteiger partial charge in [0.1, 0.15) is 24.9 Å². The van der Waals surface area contributed by atoms with Crippen LogP contribution in [0.1, 0.15) is 215 Å². The monoisotopic (exact) mass is 2130 g/mol. The average Bonchev–Trinajstić information content (AvgIpc) is 1.64. The number of hydrogen-bond acceptors (Lipinski definition) is 31. The molecule has 59 heteroatoms. The van der Waals surface area contributed by atoms with Crippen LogP contribution in [0, 0.1) is 41.4 Å². The Morgan fingerprint density at radius 3 is 1.09 bits per heavy atom. The van der Waals surface area contributed by atoms with Crippen LogP contribution in [-0.4, -0.2) is 211 Å². The van der Waals surface area contributed by atoms with Crippen molar-refractivity contribution in [1.82, 2.24) is 0 Å². The Bertz CT molecular complexity index is 4960. The summed E-state index contributed by atoms with van der Waals surface area (Å²) in [5.41, 5.74) is -26.1. The van der Waals surface area contributed by atoms with E-state index >= 15 is 0 Å². The minimum absolute atomic E-state index is 0.0191. The van der Waals surface area contributed by atoms with Crippen molar-refractivity contribution in [3.8, 4) is 0 Å². The molecule has 0 N–H and O–H groups in total. The van der Waals surface area contributed by atoms with E-state index in [4.69, 9.17) is 28.4 Å². The molecule has 9 unspecified atom stereocenters. The molecule has 5 saturated carbocycles. The van der Waals surface area contributed by atoms with Gasteiger partial charge < -0.3 is 62.8 Å². The van der Waals surface area contributed by atoms with Gasteiger partial charge in [-0.15, -0.1) is 0 Å². The van der Waals surface area contributed by atoms with E-state index in [-0.39, 0.29) is 153 Å². The first kappa shape index (κ1) is 128. The van der Waals surface area contributed by atoms with Crippen molar-refractivity contribution in [3.63, 3.8) is 0 Å². The molecule has 0 aromatic heterocycles. The molecular weight excluding hydrogens is 2030 g/mol. The van der Waals surface area contributed by atoms with Crippen LogP contribution in [0.25, 0.3) is 4.13 Å². The van der Waals surface area contributed by atoms with E-state index in [1.165, 1.54) is 27.7 Å². The van der Waals surface area contributed by atoms with E-state index in [2.05, 4.69) is 70.3 Å². The van der Waals surface area contributed by atoms with Crippen molar-refractivity contribution >= 4 is 136 Å². The normalized spacial score (nSPS) is 20.8. The molecule has 5 aliphatic rings. The molecular formula is C78H109F15N6O31S7-6. The summed E-state index contributed by atoms with van der Waals surface area (Å²) in [7, 11) is -34.1. The number of rotatable bonds is 46. The summed E-state index contributed by atoms with van der Waals surface area (Å²) in [5.74, 6) is -9.12. The predicted molar refractivity (Wildman–Crippen MR) is 455 cm³/mol. The van der Waals surface area contributed by atoms with Crippen LogP contribution in [0.2, 0.25) is 0 Å². The lowest BCUT2D eigenvalue weighted by molar-refractivity contribution is -0.220. The number of alkyl halides is 15. The van der Waals surface area contributed by atoms with Crippen LogP contribution >= 0.6 is 0 Å².